The van der Waals surface area contributed by atoms with Gasteiger partial charge in [0.1, 0.15) is 6.04 Å². The lowest BCUT2D eigenvalue weighted by Gasteiger charge is -2.14. The van der Waals surface area contributed by atoms with Crippen LogP contribution in [-0.2, 0) is 16.1 Å². The van der Waals surface area contributed by atoms with Gasteiger partial charge in [-0.2, -0.15) is 4.98 Å². The highest BCUT2D eigenvalue weighted by Crippen LogP contribution is 2.12. The second-order valence-electron chi connectivity index (χ2n) is 6.71. The molecule has 1 atom stereocenters. The molecule has 0 bridgehead atoms. The Morgan fingerprint density at radius 1 is 1.12 bits per heavy atom. The Bertz CT molecular complexity index is 1230. The summed E-state index contributed by atoms with van der Waals surface area (Å²) in [5, 5.41) is 23.2. The van der Waals surface area contributed by atoms with Crippen LogP contribution in [0.3, 0.4) is 0 Å². The van der Waals surface area contributed by atoms with E-state index in [-0.39, 0.29) is 42.1 Å². The molecule has 0 saturated carbocycles. The summed E-state index contributed by atoms with van der Waals surface area (Å²) in [7, 11) is 0. The molecule has 0 aliphatic rings. The molecule has 13 heteroatoms. The minimum Gasteiger partial charge on any atom is -0.481 e. The summed E-state index contributed by atoms with van der Waals surface area (Å²) in [4.78, 5) is 60.6. The predicted octanol–water partition coefficient (Wildman–Crippen LogP) is -0.0448. The summed E-state index contributed by atoms with van der Waals surface area (Å²) in [5.41, 5.74) is 6.47. The number of hydrogen-bond acceptors (Lipinski definition) is 9. The van der Waals surface area contributed by atoms with Crippen LogP contribution in [0.2, 0.25) is 0 Å². The van der Waals surface area contributed by atoms with E-state index in [2.05, 4.69) is 30.6 Å². The maximum absolute atomic E-state index is 12.3. The Morgan fingerprint density at radius 3 is 2.50 bits per heavy atom. The van der Waals surface area contributed by atoms with Gasteiger partial charge < -0.3 is 26.6 Å². The van der Waals surface area contributed by atoms with E-state index in [1.54, 1.807) is 12.1 Å². The summed E-state index contributed by atoms with van der Waals surface area (Å²) in [6.45, 7) is 0.231. The first-order valence-corrected chi connectivity index (χ1v) is 9.33. The van der Waals surface area contributed by atoms with Crippen molar-refractivity contribution in [3.63, 3.8) is 0 Å². The van der Waals surface area contributed by atoms with E-state index in [0.29, 0.717) is 11.4 Å². The number of carbonyl (C=O) groups is 3. The van der Waals surface area contributed by atoms with E-state index in [4.69, 9.17) is 15.9 Å². The van der Waals surface area contributed by atoms with Crippen LogP contribution in [0.25, 0.3) is 11.2 Å². The van der Waals surface area contributed by atoms with Gasteiger partial charge in [0.2, 0.25) is 5.95 Å². The van der Waals surface area contributed by atoms with Crippen LogP contribution < -0.4 is 21.9 Å². The Morgan fingerprint density at radius 2 is 1.84 bits per heavy atom. The average Bonchev–Trinajstić information content (AvgIpc) is 2.75. The van der Waals surface area contributed by atoms with Gasteiger partial charge in [-0.15, -0.1) is 0 Å². The first kappa shape index (κ1) is 22.1. The lowest BCUT2D eigenvalue weighted by molar-refractivity contribution is -0.140. The number of anilines is 2. The van der Waals surface area contributed by atoms with Crippen LogP contribution in [0.5, 0.6) is 0 Å². The van der Waals surface area contributed by atoms with Crippen molar-refractivity contribution < 1.29 is 24.6 Å². The number of nitrogens with one attached hydrogen (secondary N) is 3. The zero-order valence-corrected chi connectivity index (χ0v) is 16.5. The van der Waals surface area contributed by atoms with Crippen LogP contribution in [0.1, 0.15) is 28.9 Å². The third kappa shape index (κ3) is 5.53. The molecule has 1 aromatic carbocycles. The number of aromatic nitrogens is 4. The lowest BCUT2D eigenvalue weighted by atomic mass is 10.2. The molecular weight excluding hydrogens is 427 g/mol. The van der Waals surface area contributed by atoms with Gasteiger partial charge in [-0.05, 0) is 30.7 Å². The van der Waals surface area contributed by atoms with Crippen molar-refractivity contribution in [2.45, 2.75) is 25.4 Å². The van der Waals surface area contributed by atoms with Crippen LogP contribution in [0.4, 0.5) is 11.6 Å². The lowest BCUT2D eigenvalue weighted by Crippen LogP contribution is -2.41. The van der Waals surface area contributed by atoms with Gasteiger partial charge in [-0.1, -0.05) is 0 Å². The van der Waals surface area contributed by atoms with Crippen molar-refractivity contribution in [1.82, 2.24) is 25.3 Å². The molecule has 7 N–H and O–H groups in total. The number of carboxylic acid groups (broad SMARTS) is 2. The largest absolute Gasteiger partial charge is 0.481 e. The molecule has 166 valence electrons. The maximum atomic E-state index is 12.3. The van der Waals surface area contributed by atoms with Gasteiger partial charge >= 0.3 is 11.9 Å². The number of aromatic amines is 1. The maximum Gasteiger partial charge on any atom is 0.326 e. The predicted molar refractivity (Wildman–Crippen MR) is 112 cm³/mol. The number of carboxylic acids is 2. The second kappa shape index (κ2) is 9.51. The summed E-state index contributed by atoms with van der Waals surface area (Å²) in [6.07, 6.45) is 0.840. The SMILES string of the molecule is Nc1nc2ncc(CNc3ccc(C(=O)N[13C@@H]([13CH2][13CH2][13C](=O)O)[13C](=O)O)cc3)nc2c(=O)[nH]1. The first-order valence-electron chi connectivity index (χ1n) is 9.33. The van der Waals surface area contributed by atoms with E-state index >= 15 is 0 Å². The van der Waals surface area contributed by atoms with Crippen LogP contribution in [0, 0.1) is 0 Å². The molecule has 2 aromatic heterocycles. The number of nitrogens with two attached hydrogens (primary N) is 1. The molecule has 2 heterocycles. The number of rotatable bonds is 9. The zero-order chi connectivity index (χ0) is 23.3. The third-order valence-corrected chi connectivity index (χ3v) is 4.36. The smallest absolute Gasteiger partial charge is 0.326 e. The number of benzene rings is 1. The standard InChI is InChI=1S/C19H19N7O6/c20-19-25-15-14(17(30)26-19)23-11(8-22-15)7-21-10-3-1-9(2-4-10)16(29)24-12(18(31)32)5-6-13(27)28/h1-4,8,12,21H,5-7H2,(H,24,29)(H,27,28)(H,31,32)(H3,20,22,25,26,30)/t12-/m0/s1/i5+1,6+1,12+1,13+1,18+1. The Kier molecular flexibility index (Phi) is 6.58. The fraction of sp³-hybridized carbons (Fsp3) is 0.211. The van der Waals surface area contributed by atoms with E-state index < -0.39 is 29.4 Å². The van der Waals surface area contributed by atoms with Gasteiger partial charge in [0.05, 0.1) is 18.4 Å². The molecule has 3 aromatic rings. The van der Waals surface area contributed by atoms with Crippen LogP contribution in [-0.4, -0.2) is 54.0 Å². The third-order valence-electron chi connectivity index (χ3n) is 4.36. The number of carbonyl (C=O) groups excluding carboxylic acids is 1. The molecule has 13 nitrogen and oxygen atoms in total. The van der Waals surface area contributed by atoms with Crippen molar-refractivity contribution in [1.29, 1.82) is 0 Å². The highest BCUT2D eigenvalue weighted by molar-refractivity contribution is 5.96. The molecule has 32 heavy (non-hydrogen) atoms. The molecule has 0 radical (unpaired) electrons. The summed E-state index contributed by atoms with van der Waals surface area (Å²) in [6, 6.07) is 4.86. The van der Waals surface area contributed by atoms with Crippen molar-refractivity contribution in [2.75, 3.05) is 11.1 Å². The van der Waals surface area contributed by atoms with Crippen molar-refractivity contribution >= 4 is 40.6 Å². The number of amides is 1. The second-order valence-corrected chi connectivity index (χ2v) is 6.71. The van der Waals surface area contributed by atoms with Crippen molar-refractivity contribution in [2.24, 2.45) is 0 Å². The average molecular weight is 446 g/mol. The van der Waals surface area contributed by atoms with E-state index in [1.807, 2.05) is 0 Å². The highest BCUT2D eigenvalue weighted by atomic mass is 16.5. The molecule has 3 rings (SSSR count). The van der Waals surface area contributed by atoms with Crippen LogP contribution in [0.15, 0.2) is 35.3 Å². The van der Waals surface area contributed by atoms with Gasteiger partial charge in [0.15, 0.2) is 11.2 Å². The first-order chi connectivity index (χ1) is 15.2. The van der Waals surface area contributed by atoms with Gasteiger partial charge in [0, 0.05) is 17.7 Å². The molecule has 1 amide bonds. The fourth-order valence-electron chi connectivity index (χ4n) is 2.75. The van der Waals surface area contributed by atoms with Gasteiger partial charge in [-0.25, -0.2) is 14.8 Å². The highest BCUT2D eigenvalue weighted by Gasteiger charge is 2.21. The summed E-state index contributed by atoms with van der Waals surface area (Å²) in [5.74, 6) is -3.16. The monoisotopic (exact) mass is 446 g/mol. The Balaban J connectivity index is 1.62. The van der Waals surface area contributed by atoms with Crippen molar-refractivity contribution in [3.05, 3.63) is 52.1 Å². The normalized spacial score (nSPS) is 11.6. The quantitative estimate of drug-likeness (QED) is 0.240. The Labute approximate surface area is 179 Å². The Hall–Kier alpha value is -4.55. The molecule has 0 aliphatic heterocycles. The van der Waals surface area contributed by atoms with E-state index in [1.165, 1.54) is 18.3 Å². The van der Waals surface area contributed by atoms with E-state index in [9.17, 15) is 19.2 Å². The zero-order valence-electron chi connectivity index (χ0n) is 16.5. The fourth-order valence-corrected chi connectivity index (χ4v) is 2.75. The number of hydrogen-bond donors (Lipinski definition) is 6. The number of H-pyrrole nitrogens is 1. The summed E-state index contributed by atoms with van der Waals surface area (Å²) >= 11 is 0. The number of nitrogen functional groups attached to an aromatic ring is 1. The molecule has 0 fully saturated rings. The summed E-state index contributed by atoms with van der Waals surface area (Å²) < 4.78 is 0. The molecular formula is C19H19N7O6. The van der Waals surface area contributed by atoms with Crippen LogP contribution >= 0.6 is 0 Å². The van der Waals surface area contributed by atoms with Gasteiger partial charge in [-0.3, -0.25) is 19.4 Å². The minimum absolute atomic E-state index is 0.0524. The van der Waals surface area contributed by atoms with Gasteiger partial charge in [0.25, 0.3) is 11.5 Å². The molecule has 0 saturated heterocycles. The number of aliphatic carboxylic acids is 2. The van der Waals surface area contributed by atoms with Crippen molar-refractivity contribution in [3.8, 4) is 0 Å². The van der Waals surface area contributed by atoms with E-state index in [0.717, 1.165) is 0 Å². The number of fused-ring (bicyclic) bond motifs is 1. The molecule has 0 aliphatic carbocycles. The topological polar surface area (TPSA) is 213 Å². The molecule has 0 unspecified atom stereocenters. The number of nitrogens with zero attached hydrogens (tertiary/aromatic N) is 3. The minimum atomic E-state index is -1.31. The molecule has 0 spiro atoms.